The fraction of sp³-hybridized carbons (Fsp3) is 0.154. The maximum Gasteiger partial charge on any atom is 0.333 e. The lowest BCUT2D eigenvalue weighted by atomic mass is 10.1. The minimum Gasteiger partial charge on any atom is -0.457 e. The van der Waals surface area contributed by atoms with Crippen molar-refractivity contribution in [3.8, 4) is 0 Å². The smallest absolute Gasteiger partial charge is 0.333 e. The molecule has 0 bridgehead atoms. The van der Waals surface area contributed by atoms with Gasteiger partial charge in [0.15, 0.2) is 0 Å². The van der Waals surface area contributed by atoms with Crippen molar-refractivity contribution in [1.29, 1.82) is 0 Å². The Balaban J connectivity index is 2.69. The van der Waals surface area contributed by atoms with E-state index >= 15 is 0 Å². The molecule has 0 amide bonds. The molecule has 1 aromatic rings. The Morgan fingerprint density at radius 3 is 2.73 bits per heavy atom. The van der Waals surface area contributed by atoms with Gasteiger partial charge in [-0.1, -0.05) is 43.5 Å². The molecule has 0 saturated heterocycles. The quantitative estimate of drug-likeness (QED) is 0.554. The lowest BCUT2D eigenvalue weighted by Gasteiger charge is -2.07. The van der Waals surface area contributed by atoms with Crippen molar-refractivity contribution in [2.45, 2.75) is 13.5 Å². The summed E-state index contributed by atoms with van der Waals surface area (Å²) < 4.78 is 5.05. The zero-order chi connectivity index (χ0) is 11.3. The molecular weight excluding hydrogens is 188 g/mol. The molecule has 0 aliphatic rings. The lowest BCUT2D eigenvalue weighted by molar-refractivity contribution is -0.140. The van der Waals surface area contributed by atoms with E-state index < -0.39 is 0 Å². The highest BCUT2D eigenvalue weighted by Crippen LogP contribution is 2.11. The Morgan fingerprint density at radius 2 is 2.13 bits per heavy atom. The second-order valence-corrected chi connectivity index (χ2v) is 3.26. The Morgan fingerprint density at radius 1 is 1.47 bits per heavy atom. The van der Waals surface area contributed by atoms with Gasteiger partial charge in [-0.3, -0.25) is 0 Å². The third kappa shape index (κ3) is 3.09. The fourth-order valence-corrected chi connectivity index (χ4v) is 1.13. The van der Waals surface area contributed by atoms with Crippen LogP contribution in [0.5, 0.6) is 0 Å². The predicted octanol–water partition coefficient (Wildman–Crippen LogP) is 2.95. The van der Waals surface area contributed by atoms with Crippen molar-refractivity contribution in [1.82, 2.24) is 0 Å². The van der Waals surface area contributed by atoms with E-state index in [0.29, 0.717) is 5.57 Å². The van der Waals surface area contributed by atoms with E-state index in [4.69, 9.17) is 4.74 Å². The molecule has 2 nitrogen and oxygen atoms in total. The van der Waals surface area contributed by atoms with Crippen LogP contribution >= 0.6 is 0 Å². The molecule has 1 aromatic carbocycles. The summed E-state index contributed by atoms with van der Waals surface area (Å²) in [5.41, 5.74) is 2.33. The molecule has 0 aromatic heterocycles. The van der Waals surface area contributed by atoms with Crippen LogP contribution in [0.15, 0.2) is 43.0 Å². The largest absolute Gasteiger partial charge is 0.457 e. The SMILES string of the molecule is C=Cc1ccccc1COC(=O)C(=C)C. The van der Waals surface area contributed by atoms with Crippen molar-refractivity contribution < 1.29 is 9.53 Å². The van der Waals surface area contributed by atoms with Gasteiger partial charge in [-0.2, -0.15) is 0 Å². The van der Waals surface area contributed by atoms with Crippen LogP contribution in [0.1, 0.15) is 18.1 Å². The number of rotatable bonds is 4. The highest BCUT2D eigenvalue weighted by molar-refractivity contribution is 5.86. The number of carbonyl (C=O) groups excluding carboxylic acids is 1. The summed E-state index contributed by atoms with van der Waals surface area (Å²) in [4.78, 5) is 11.2. The first-order chi connectivity index (χ1) is 7.15. The minimum atomic E-state index is -0.367. The van der Waals surface area contributed by atoms with Gasteiger partial charge in [-0.15, -0.1) is 0 Å². The topological polar surface area (TPSA) is 26.3 Å². The van der Waals surface area contributed by atoms with Crippen LogP contribution < -0.4 is 0 Å². The number of ether oxygens (including phenoxy) is 1. The predicted molar refractivity (Wildman–Crippen MR) is 61.1 cm³/mol. The van der Waals surface area contributed by atoms with Crippen LogP contribution in [-0.2, 0) is 16.1 Å². The van der Waals surface area contributed by atoms with Gasteiger partial charge in [0, 0.05) is 5.57 Å². The molecule has 0 unspecified atom stereocenters. The van der Waals surface area contributed by atoms with Gasteiger partial charge >= 0.3 is 5.97 Å². The molecule has 0 spiro atoms. The minimum absolute atomic E-state index is 0.258. The molecule has 0 aliphatic heterocycles. The van der Waals surface area contributed by atoms with E-state index in [1.54, 1.807) is 13.0 Å². The Bertz CT molecular complexity index is 391. The van der Waals surface area contributed by atoms with Crippen LogP contribution in [-0.4, -0.2) is 5.97 Å². The zero-order valence-electron chi connectivity index (χ0n) is 8.82. The average molecular weight is 202 g/mol. The molecule has 78 valence electrons. The number of hydrogen-bond acceptors (Lipinski definition) is 2. The van der Waals surface area contributed by atoms with E-state index in [9.17, 15) is 4.79 Å². The van der Waals surface area contributed by atoms with E-state index in [2.05, 4.69) is 13.2 Å². The maximum absolute atomic E-state index is 11.2. The van der Waals surface area contributed by atoms with Gasteiger partial charge < -0.3 is 4.74 Å². The number of benzene rings is 1. The molecule has 1 rings (SSSR count). The van der Waals surface area contributed by atoms with Gasteiger partial charge in [0.1, 0.15) is 6.61 Å². The molecule has 0 radical (unpaired) electrons. The van der Waals surface area contributed by atoms with E-state index in [0.717, 1.165) is 11.1 Å². The summed E-state index contributed by atoms with van der Waals surface area (Å²) in [5, 5.41) is 0. The monoisotopic (exact) mass is 202 g/mol. The molecule has 15 heavy (non-hydrogen) atoms. The first-order valence-corrected chi connectivity index (χ1v) is 4.68. The zero-order valence-corrected chi connectivity index (χ0v) is 8.82. The van der Waals surface area contributed by atoms with Gasteiger partial charge in [-0.05, 0) is 18.1 Å². The third-order valence-corrected chi connectivity index (χ3v) is 1.98. The summed E-state index contributed by atoms with van der Waals surface area (Å²) in [7, 11) is 0. The van der Waals surface area contributed by atoms with Crippen molar-refractivity contribution >= 4 is 12.0 Å². The third-order valence-electron chi connectivity index (χ3n) is 1.98. The highest BCUT2D eigenvalue weighted by atomic mass is 16.5. The van der Waals surface area contributed by atoms with Gasteiger partial charge in [0.05, 0.1) is 0 Å². The molecule has 0 N–H and O–H groups in total. The van der Waals surface area contributed by atoms with Crippen LogP contribution in [0, 0.1) is 0 Å². The molecule has 0 aliphatic carbocycles. The first kappa shape index (κ1) is 11.2. The van der Waals surface area contributed by atoms with Crippen molar-refractivity contribution in [2.24, 2.45) is 0 Å². The molecule has 0 atom stereocenters. The van der Waals surface area contributed by atoms with Gasteiger partial charge in [0.2, 0.25) is 0 Å². The van der Waals surface area contributed by atoms with Crippen LogP contribution in [0.3, 0.4) is 0 Å². The number of esters is 1. The second-order valence-electron chi connectivity index (χ2n) is 3.26. The van der Waals surface area contributed by atoms with Crippen LogP contribution in [0.2, 0.25) is 0 Å². The first-order valence-electron chi connectivity index (χ1n) is 4.68. The van der Waals surface area contributed by atoms with E-state index in [-0.39, 0.29) is 12.6 Å². The summed E-state index contributed by atoms with van der Waals surface area (Å²) in [6.07, 6.45) is 1.74. The highest BCUT2D eigenvalue weighted by Gasteiger charge is 2.04. The molecule has 0 saturated carbocycles. The van der Waals surface area contributed by atoms with Crippen molar-refractivity contribution in [3.63, 3.8) is 0 Å². The normalized spacial score (nSPS) is 9.40. The number of hydrogen-bond donors (Lipinski definition) is 0. The molecule has 0 heterocycles. The Labute approximate surface area is 89.9 Å². The van der Waals surface area contributed by atoms with Gasteiger partial charge in [-0.25, -0.2) is 4.79 Å². The number of carbonyl (C=O) groups is 1. The molecular formula is C13H14O2. The van der Waals surface area contributed by atoms with Gasteiger partial charge in [0.25, 0.3) is 0 Å². The van der Waals surface area contributed by atoms with Crippen molar-refractivity contribution in [2.75, 3.05) is 0 Å². The average Bonchev–Trinajstić information content (AvgIpc) is 2.26. The van der Waals surface area contributed by atoms with Crippen molar-refractivity contribution in [3.05, 3.63) is 54.1 Å². The van der Waals surface area contributed by atoms with E-state index in [1.807, 2.05) is 24.3 Å². The standard InChI is InChI=1S/C13H14O2/c1-4-11-7-5-6-8-12(11)9-15-13(14)10(2)3/h4-8H,1-2,9H2,3H3. The maximum atomic E-state index is 11.2. The van der Waals surface area contributed by atoms with Crippen LogP contribution in [0.25, 0.3) is 6.08 Å². The Hall–Kier alpha value is -1.83. The summed E-state index contributed by atoms with van der Waals surface area (Å²) >= 11 is 0. The molecule has 2 heteroatoms. The fourth-order valence-electron chi connectivity index (χ4n) is 1.13. The summed E-state index contributed by atoms with van der Waals surface area (Å²) in [6.45, 7) is 9.10. The van der Waals surface area contributed by atoms with Crippen LogP contribution in [0.4, 0.5) is 0 Å². The van der Waals surface area contributed by atoms with E-state index in [1.165, 1.54) is 0 Å². The Kier molecular flexibility index (Phi) is 3.86. The second kappa shape index (κ2) is 5.15. The molecule has 0 fully saturated rings. The summed E-state index contributed by atoms with van der Waals surface area (Å²) in [5.74, 6) is -0.367. The lowest BCUT2D eigenvalue weighted by Crippen LogP contribution is -2.05. The summed E-state index contributed by atoms with van der Waals surface area (Å²) in [6, 6.07) is 7.65.